The second kappa shape index (κ2) is 8.30. The summed E-state index contributed by atoms with van der Waals surface area (Å²) in [5.74, 6) is 0.807. The third kappa shape index (κ3) is 5.37. The van der Waals surface area contributed by atoms with Crippen LogP contribution in [0.15, 0.2) is 24.4 Å². The first-order valence-corrected chi connectivity index (χ1v) is 9.08. The summed E-state index contributed by atoms with van der Waals surface area (Å²) < 4.78 is 11.6. The van der Waals surface area contributed by atoms with Crippen LogP contribution < -0.4 is 15.4 Å². The van der Waals surface area contributed by atoms with Gasteiger partial charge in [0.15, 0.2) is 5.82 Å². The molecule has 144 valence electrons. The highest BCUT2D eigenvalue weighted by Gasteiger charge is 2.25. The Balaban J connectivity index is 1.68. The van der Waals surface area contributed by atoms with Gasteiger partial charge in [0.2, 0.25) is 0 Å². The van der Waals surface area contributed by atoms with Gasteiger partial charge in [0, 0.05) is 17.3 Å². The van der Waals surface area contributed by atoms with E-state index < -0.39 is 12.2 Å². The van der Waals surface area contributed by atoms with Gasteiger partial charge in [-0.05, 0) is 56.4 Å². The number of anilines is 2. The average Bonchev–Trinajstić information content (AvgIpc) is 3.33. The minimum absolute atomic E-state index is 0.0957. The molecule has 0 bridgehead atoms. The summed E-state index contributed by atoms with van der Waals surface area (Å²) in [5, 5.41) is 5.98. The lowest BCUT2D eigenvalue weighted by atomic mass is 10.2. The van der Waals surface area contributed by atoms with E-state index in [4.69, 9.17) is 21.1 Å². The van der Waals surface area contributed by atoms with Gasteiger partial charge in [-0.25, -0.2) is 9.59 Å². The van der Waals surface area contributed by atoms with E-state index in [1.165, 1.54) is 0 Å². The minimum atomic E-state index is -0.826. The number of benzene rings is 1. The van der Waals surface area contributed by atoms with Gasteiger partial charge in [-0.2, -0.15) is 4.98 Å². The lowest BCUT2D eigenvalue weighted by Crippen LogP contribution is -2.20. The average molecular weight is 393 g/mol. The fourth-order valence-electron chi connectivity index (χ4n) is 2.51. The van der Waals surface area contributed by atoms with Gasteiger partial charge in [0.25, 0.3) is 0 Å². The summed E-state index contributed by atoms with van der Waals surface area (Å²) in [4.78, 5) is 28.0. The fraction of sp³-hybridized carbons (Fsp3) is 0.389. The predicted molar refractivity (Wildman–Crippen MR) is 101 cm³/mol. The first kappa shape index (κ1) is 19.0. The maximum atomic E-state index is 12.3. The number of hydrogen-bond donors (Lipinski definition) is 2. The molecule has 1 aromatic carbocycles. The van der Waals surface area contributed by atoms with E-state index in [0.29, 0.717) is 23.2 Å². The van der Waals surface area contributed by atoms with Gasteiger partial charge in [-0.15, -0.1) is 0 Å². The molecule has 0 atom stereocenters. The van der Waals surface area contributed by atoms with Crippen molar-refractivity contribution in [3.05, 3.63) is 35.0 Å². The number of carbonyl (C=O) groups is 2. The fourth-order valence-corrected chi connectivity index (χ4v) is 2.74. The number of halogens is 1. The van der Waals surface area contributed by atoms with E-state index in [1.54, 1.807) is 35.9 Å². The van der Waals surface area contributed by atoms with Crippen LogP contribution in [0, 0.1) is 12.8 Å². The zero-order valence-electron chi connectivity index (χ0n) is 15.1. The quantitative estimate of drug-likeness (QED) is 0.709. The summed E-state index contributed by atoms with van der Waals surface area (Å²) in [6, 6.07) is 4.81. The van der Waals surface area contributed by atoms with E-state index in [0.717, 1.165) is 18.4 Å². The van der Waals surface area contributed by atoms with Gasteiger partial charge >= 0.3 is 18.2 Å². The van der Waals surface area contributed by atoms with Crippen LogP contribution in [0.3, 0.4) is 0 Å². The Morgan fingerprint density at radius 2 is 2.11 bits per heavy atom. The van der Waals surface area contributed by atoms with Gasteiger partial charge in [-0.1, -0.05) is 11.6 Å². The molecule has 8 nitrogen and oxygen atoms in total. The molecule has 0 saturated heterocycles. The molecular weight excluding hydrogens is 372 g/mol. The number of nitrogens with one attached hydrogen (secondary N) is 2. The molecule has 2 amide bonds. The number of amides is 2. The number of hydrogen-bond acceptors (Lipinski definition) is 5. The van der Waals surface area contributed by atoms with E-state index >= 15 is 0 Å². The number of urea groups is 1. The molecule has 1 fully saturated rings. The first-order valence-electron chi connectivity index (χ1n) is 8.70. The van der Waals surface area contributed by atoms with Crippen molar-refractivity contribution in [1.29, 1.82) is 0 Å². The molecule has 0 aliphatic heterocycles. The number of ether oxygens (including phenoxy) is 2. The van der Waals surface area contributed by atoms with Crippen molar-refractivity contribution < 1.29 is 19.1 Å². The number of aryl methyl sites for hydroxylation is 1. The van der Waals surface area contributed by atoms with Gasteiger partial charge in [0.05, 0.1) is 12.8 Å². The van der Waals surface area contributed by atoms with Crippen molar-refractivity contribution in [3.63, 3.8) is 0 Å². The molecule has 9 heteroatoms. The Bertz CT molecular complexity index is 848. The maximum Gasteiger partial charge on any atom is 0.516 e. The molecule has 1 aromatic heterocycles. The molecule has 2 N–H and O–H groups in total. The summed E-state index contributed by atoms with van der Waals surface area (Å²) in [5.41, 5.74) is 1.47. The molecule has 0 radical (unpaired) electrons. The van der Waals surface area contributed by atoms with Crippen LogP contribution >= 0.6 is 11.6 Å². The third-order valence-corrected chi connectivity index (χ3v) is 4.24. The summed E-state index contributed by atoms with van der Waals surface area (Å²) in [6.45, 7) is 4.41. The topological polar surface area (TPSA) is 94.5 Å². The smallest absolute Gasteiger partial charge is 0.434 e. The van der Waals surface area contributed by atoms with Crippen molar-refractivity contribution in [2.24, 2.45) is 5.92 Å². The Morgan fingerprint density at radius 3 is 2.78 bits per heavy atom. The highest BCUT2D eigenvalue weighted by Crippen LogP contribution is 2.32. The zero-order chi connectivity index (χ0) is 19.4. The van der Waals surface area contributed by atoms with Crippen LogP contribution in [-0.2, 0) is 11.3 Å². The second-order valence-corrected chi connectivity index (χ2v) is 6.76. The van der Waals surface area contributed by atoms with Gasteiger partial charge in [0.1, 0.15) is 0 Å². The first-order chi connectivity index (χ1) is 12.9. The molecular formula is C18H21ClN4O4. The highest BCUT2D eigenvalue weighted by molar-refractivity contribution is 6.30. The van der Waals surface area contributed by atoms with E-state index in [9.17, 15) is 9.59 Å². The van der Waals surface area contributed by atoms with Crippen molar-refractivity contribution in [1.82, 2.24) is 9.55 Å². The predicted octanol–water partition coefficient (Wildman–Crippen LogP) is 4.43. The summed E-state index contributed by atoms with van der Waals surface area (Å²) in [7, 11) is 0. The Morgan fingerprint density at radius 1 is 1.33 bits per heavy atom. The third-order valence-electron chi connectivity index (χ3n) is 4.01. The SMILES string of the molecule is CCOC(=O)Oc1nc(NC(=O)Nc2ccc(Cl)cc2C)cn1CC1CC1. The molecule has 1 heterocycles. The lowest BCUT2D eigenvalue weighted by molar-refractivity contribution is 0.0990. The molecule has 1 saturated carbocycles. The summed E-state index contributed by atoms with van der Waals surface area (Å²) >= 11 is 5.92. The van der Waals surface area contributed by atoms with Crippen molar-refractivity contribution >= 4 is 35.3 Å². The van der Waals surface area contributed by atoms with Crippen LogP contribution in [-0.4, -0.2) is 28.3 Å². The summed E-state index contributed by atoms with van der Waals surface area (Å²) in [6.07, 6.45) is 3.06. The molecule has 1 aliphatic carbocycles. The highest BCUT2D eigenvalue weighted by atomic mass is 35.5. The van der Waals surface area contributed by atoms with E-state index in [2.05, 4.69) is 15.6 Å². The molecule has 0 unspecified atom stereocenters. The Hall–Kier alpha value is -2.74. The normalized spacial score (nSPS) is 13.1. The van der Waals surface area contributed by atoms with Crippen molar-refractivity contribution in [2.75, 3.05) is 17.2 Å². The largest absolute Gasteiger partial charge is 0.516 e. The monoisotopic (exact) mass is 392 g/mol. The number of imidazole rings is 1. The van der Waals surface area contributed by atoms with Crippen LogP contribution in [0.25, 0.3) is 0 Å². The molecule has 1 aliphatic rings. The second-order valence-electron chi connectivity index (χ2n) is 6.33. The standard InChI is InChI=1S/C18H21ClN4O4/c1-3-26-18(25)27-17-22-15(10-23(17)9-12-4-5-12)21-16(24)20-14-7-6-13(19)8-11(14)2/h6-8,10,12H,3-5,9H2,1-2H3,(H2,20,21,24). The Labute approximate surface area is 161 Å². The molecule has 0 spiro atoms. The number of nitrogens with zero attached hydrogens (tertiary/aromatic N) is 2. The number of aromatic nitrogens is 2. The van der Waals surface area contributed by atoms with Gasteiger partial charge in [-0.3, -0.25) is 9.88 Å². The van der Waals surface area contributed by atoms with E-state index in [1.807, 2.05) is 6.92 Å². The van der Waals surface area contributed by atoms with Crippen molar-refractivity contribution in [3.8, 4) is 6.01 Å². The van der Waals surface area contributed by atoms with E-state index in [-0.39, 0.29) is 18.4 Å². The lowest BCUT2D eigenvalue weighted by Gasteiger charge is -2.08. The number of rotatable bonds is 6. The van der Waals surface area contributed by atoms with Crippen LogP contribution in [0.2, 0.25) is 5.02 Å². The molecule has 2 aromatic rings. The molecule has 27 heavy (non-hydrogen) atoms. The van der Waals surface area contributed by atoms with Crippen LogP contribution in [0.5, 0.6) is 6.01 Å². The maximum absolute atomic E-state index is 12.3. The van der Waals surface area contributed by atoms with Crippen LogP contribution in [0.4, 0.5) is 21.1 Å². The van der Waals surface area contributed by atoms with Gasteiger partial charge < -0.3 is 14.8 Å². The number of carbonyl (C=O) groups excluding carboxylic acids is 2. The molecule has 3 rings (SSSR count). The van der Waals surface area contributed by atoms with Crippen molar-refractivity contribution in [2.45, 2.75) is 33.2 Å². The van der Waals surface area contributed by atoms with Crippen LogP contribution in [0.1, 0.15) is 25.3 Å². The zero-order valence-corrected chi connectivity index (χ0v) is 15.9. The Kier molecular flexibility index (Phi) is 5.85. The minimum Gasteiger partial charge on any atom is -0.434 e.